The van der Waals surface area contributed by atoms with E-state index in [1.54, 1.807) is 11.3 Å². The lowest BCUT2D eigenvalue weighted by atomic mass is 9.92. The van der Waals surface area contributed by atoms with Crippen LogP contribution in [0.5, 0.6) is 0 Å². The van der Waals surface area contributed by atoms with Gasteiger partial charge in [0.15, 0.2) is 0 Å². The van der Waals surface area contributed by atoms with Crippen molar-refractivity contribution in [1.82, 2.24) is 10.6 Å². The Morgan fingerprint density at radius 3 is 2.64 bits per heavy atom. The van der Waals surface area contributed by atoms with Gasteiger partial charge in [-0.25, -0.2) is 8.78 Å². The van der Waals surface area contributed by atoms with Crippen molar-refractivity contribution in [3.63, 3.8) is 0 Å². The van der Waals surface area contributed by atoms with Crippen molar-refractivity contribution >= 4 is 29.7 Å². The fourth-order valence-corrected chi connectivity index (χ4v) is 4.56. The molecule has 1 amide bonds. The molecule has 3 nitrogen and oxygen atoms in total. The van der Waals surface area contributed by atoms with E-state index in [1.807, 2.05) is 11.4 Å². The molecule has 1 heterocycles. The number of carbonyl (C=O) groups is 1. The minimum absolute atomic E-state index is 0. The number of hydrogen-bond donors (Lipinski definition) is 2. The number of amides is 1. The Hall–Kier alpha value is -0.720. The molecule has 0 unspecified atom stereocenters. The van der Waals surface area contributed by atoms with Crippen LogP contribution in [-0.2, 0) is 0 Å². The average Bonchev–Trinajstić information content (AvgIpc) is 3.46. The number of alkyl halides is 2. The van der Waals surface area contributed by atoms with Gasteiger partial charge in [-0.05, 0) is 50.6 Å². The first-order chi connectivity index (χ1) is 11.5. The Morgan fingerprint density at radius 2 is 1.96 bits per heavy atom. The van der Waals surface area contributed by atoms with Crippen LogP contribution in [0.2, 0.25) is 0 Å². The minimum Gasteiger partial charge on any atom is -0.349 e. The second-order valence-corrected chi connectivity index (χ2v) is 8.58. The standard InChI is InChI=1S/C18H24F2N2OS.ClH/c19-18(20)5-3-13(4-6-18)22-17(23)12-7-16(24-10-12)14-8-15(14)21-9-11-1-2-11;/h7,10-11,13-15,21H,1-6,8-9H2,(H,22,23);1H/t14-,15-;/m1./s1. The summed E-state index contributed by atoms with van der Waals surface area (Å²) >= 11 is 1.64. The van der Waals surface area contributed by atoms with Gasteiger partial charge >= 0.3 is 0 Å². The number of thiophene rings is 1. The predicted octanol–water partition coefficient (Wildman–Crippen LogP) is 4.33. The Bertz CT molecular complexity index is 610. The van der Waals surface area contributed by atoms with E-state index in [-0.39, 0.29) is 37.2 Å². The molecule has 0 aromatic carbocycles. The van der Waals surface area contributed by atoms with Crippen LogP contribution in [0, 0.1) is 5.92 Å². The highest BCUT2D eigenvalue weighted by Crippen LogP contribution is 2.44. The van der Waals surface area contributed by atoms with Crippen LogP contribution in [0.15, 0.2) is 11.4 Å². The molecule has 0 radical (unpaired) electrons. The molecule has 4 rings (SSSR count). The number of carbonyl (C=O) groups excluding carboxylic acids is 1. The zero-order chi connectivity index (χ0) is 16.7. The van der Waals surface area contributed by atoms with Crippen molar-refractivity contribution in [2.45, 2.75) is 68.9 Å². The van der Waals surface area contributed by atoms with Crippen LogP contribution >= 0.6 is 23.7 Å². The van der Waals surface area contributed by atoms with Gasteiger partial charge in [0.25, 0.3) is 5.91 Å². The van der Waals surface area contributed by atoms with E-state index < -0.39 is 5.92 Å². The summed E-state index contributed by atoms with van der Waals surface area (Å²) in [5.74, 6) is -1.23. The third-order valence-electron chi connectivity index (χ3n) is 5.46. The SMILES string of the molecule is Cl.O=C(NC1CCC(F)(F)CC1)c1csc([C@@H]2C[C@H]2NCC2CC2)c1. The first-order valence-corrected chi connectivity index (χ1v) is 9.89. The molecular formula is C18H25ClF2N2OS. The molecule has 3 aliphatic carbocycles. The second kappa shape index (κ2) is 7.49. The molecule has 1 aromatic heterocycles. The van der Waals surface area contributed by atoms with Crippen molar-refractivity contribution in [2.24, 2.45) is 5.92 Å². The van der Waals surface area contributed by atoms with Crippen LogP contribution in [0.4, 0.5) is 8.78 Å². The maximum Gasteiger partial charge on any atom is 0.252 e. The molecule has 0 aliphatic heterocycles. The summed E-state index contributed by atoms with van der Waals surface area (Å²) in [6.45, 7) is 1.13. The maximum atomic E-state index is 13.2. The number of hydrogen-bond acceptors (Lipinski definition) is 3. The summed E-state index contributed by atoms with van der Waals surface area (Å²) in [5, 5.41) is 8.44. The van der Waals surface area contributed by atoms with Gasteiger partial charge in [-0.1, -0.05) is 0 Å². The normalized spacial score (nSPS) is 28.2. The molecule has 0 spiro atoms. The van der Waals surface area contributed by atoms with Gasteiger partial charge in [0.2, 0.25) is 5.92 Å². The third kappa shape index (κ3) is 4.92. The Balaban J connectivity index is 0.00000182. The molecule has 3 fully saturated rings. The summed E-state index contributed by atoms with van der Waals surface area (Å²) in [5.41, 5.74) is 0.681. The van der Waals surface area contributed by atoms with Gasteiger partial charge in [-0.15, -0.1) is 23.7 Å². The van der Waals surface area contributed by atoms with E-state index in [9.17, 15) is 13.6 Å². The van der Waals surface area contributed by atoms with Crippen molar-refractivity contribution in [3.8, 4) is 0 Å². The highest BCUT2D eigenvalue weighted by molar-refractivity contribution is 7.10. The topological polar surface area (TPSA) is 41.1 Å². The molecule has 0 bridgehead atoms. The summed E-state index contributed by atoms with van der Waals surface area (Å²) < 4.78 is 26.3. The van der Waals surface area contributed by atoms with Gasteiger partial charge in [0, 0.05) is 41.1 Å². The van der Waals surface area contributed by atoms with E-state index in [1.165, 1.54) is 17.7 Å². The average molecular weight is 391 g/mol. The van der Waals surface area contributed by atoms with Crippen LogP contribution in [0.3, 0.4) is 0 Å². The second-order valence-electron chi connectivity index (χ2n) is 7.64. The minimum atomic E-state index is -2.55. The first-order valence-electron chi connectivity index (χ1n) is 9.01. The molecule has 3 saturated carbocycles. The van der Waals surface area contributed by atoms with Gasteiger partial charge in [0.1, 0.15) is 0 Å². The lowest BCUT2D eigenvalue weighted by Gasteiger charge is -2.28. The highest BCUT2D eigenvalue weighted by atomic mass is 35.5. The predicted molar refractivity (Wildman–Crippen MR) is 98.1 cm³/mol. The molecule has 0 saturated heterocycles. The summed E-state index contributed by atoms with van der Waals surface area (Å²) in [6, 6.07) is 2.44. The van der Waals surface area contributed by atoms with Crippen LogP contribution in [0.1, 0.15) is 66.1 Å². The van der Waals surface area contributed by atoms with Crippen LogP contribution < -0.4 is 10.6 Å². The lowest BCUT2D eigenvalue weighted by Crippen LogP contribution is -2.40. The molecule has 25 heavy (non-hydrogen) atoms. The number of rotatable bonds is 6. The fraction of sp³-hybridized carbons (Fsp3) is 0.722. The Kier molecular flexibility index (Phi) is 5.71. The largest absolute Gasteiger partial charge is 0.349 e. The van der Waals surface area contributed by atoms with Crippen LogP contribution in [0.25, 0.3) is 0 Å². The van der Waals surface area contributed by atoms with E-state index in [0.29, 0.717) is 30.4 Å². The molecule has 3 aliphatic rings. The summed E-state index contributed by atoms with van der Waals surface area (Å²) in [4.78, 5) is 13.6. The monoisotopic (exact) mass is 390 g/mol. The van der Waals surface area contributed by atoms with Gasteiger partial charge in [-0.2, -0.15) is 0 Å². The number of halogens is 3. The van der Waals surface area contributed by atoms with Crippen molar-refractivity contribution in [2.75, 3.05) is 6.54 Å². The van der Waals surface area contributed by atoms with Crippen molar-refractivity contribution < 1.29 is 13.6 Å². The molecule has 7 heteroatoms. The zero-order valence-corrected chi connectivity index (χ0v) is 15.7. The molecular weight excluding hydrogens is 366 g/mol. The third-order valence-corrected chi connectivity index (χ3v) is 6.52. The zero-order valence-electron chi connectivity index (χ0n) is 14.1. The lowest BCUT2D eigenvalue weighted by molar-refractivity contribution is -0.0399. The highest BCUT2D eigenvalue weighted by Gasteiger charge is 2.40. The maximum absolute atomic E-state index is 13.2. The number of nitrogens with one attached hydrogen (secondary N) is 2. The van der Waals surface area contributed by atoms with E-state index in [2.05, 4.69) is 10.6 Å². The van der Waals surface area contributed by atoms with E-state index in [0.717, 1.165) is 18.9 Å². The molecule has 140 valence electrons. The fourth-order valence-electron chi connectivity index (χ4n) is 3.49. The van der Waals surface area contributed by atoms with E-state index >= 15 is 0 Å². The van der Waals surface area contributed by atoms with Crippen molar-refractivity contribution in [1.29, 1.82) is 0 Å². The first kappa shape index (κ1) is 19.1. The van der Waals surface area contributed by atoms with Crippen LogP contribution in [-0.4, -0.2) is 30.5 Å². The summed E-state index contributed by atoms with van der Waals surface area (Å²) in [7, 11) is 0. The van der Waals surface area contributed by atoms with Gasteiger partial charge in [-0.3, -0.25) is 4.79 Å². The Morgan fingerprint density at radius 1 is 1.24 bits per heavy atom. The van der Waals surface area contributed by atoms with Crippen molar-refractivity contribution in [3.05, 3.63) is 21.9 Å². The quantitative estimate of drug-likeness (QED) is 0.758. The molecule has 1 aromatic rings. The van der Waals surface area contributed by atoms with Gasteiger partial charge < -0.3 is 10.6 Å². The van der Waals surface area contributed by atoms with Gasteiger partial charge in [0.05, 0.1) is 5.56 Å². The summed E-state index contributed by atoms with van der Waals surface area (Å²) in [6.07, 6.45) is 4.37. The smallest absolute Gasteiger partial charge is 0.252 e. The molecule has 2 atom stereocenters. The molecule has 2 N–H and O–H groups in total. The Labute approximate surface area is 157 Å². The van der Waals surface area contributed by atoms with E-state index in [4.69, 9.17) is 0 Å².